The van der Waals surface area contributed by atoms with Gasteiger partial charge in [-0.15, -0.1) is 0 Å². The maximum Gasteiger partial charge on any atom is 0.387 e. The number of rotatable bonds is 6. The summed E-state index contributed by atoms with van der Waals surface area (Å²) in [6.07, 6.45) is 0. The number of fused-ring (bicyclic) bond motifs is 1. The molecule has 0 saturated carbocycles. The Bertz CT molecular complexity index is 1120. The number of alkyl halides is 2. The molecular weight excluding hydrogens is 389 g/mol. The lowest BCUT2D eigenvalue weighted by Crippen LogP contribution is -2.24. The van der Waals surface area contributed by atoms with E-state index in [1.165, 1.54) is 39.5 Å². The van der Waals surface area contributed by atoms with E-state index in [-0.39, 0.29) is 35.2 Å². The molecular formula is C20H19F3N2O4. The van der Waals surface area contributed by atoms with Crippen LogP contribution in [0, 0.1) is 5.82 Å². The Kier molecular flexibility index (Phi) is 5.67. The van der Waals surface area contributed by atoms with Crippen LogP contribution in [-0.4, -0.2) is 28.3 Å². The number of halogens is 3. The lowest BCUT2D eigenvalue weighted by molar-refractivity contribution is -0.0498. The van der Waals surface area contributed by atoms with Gasteiger partial charge < -0.3 is 9.47 Å². The number of aromatic nitrogens is 2. The van der Waals surface area contributed by atoms with E-state index in [4.69, 9.17) is 4.74 Å². The highest BCUT2D eigenvalue weighted by atomic mass is 19.3. The summed E-state index contributed by atoms with van der Waals surface area (Å²) < 4.78 is 51.6. The first-order valence-corrected chi connectivity index (χ1v) is 8.93. The van der Waals surface area contributed by atoms with E-state index in [1.54, 1.807) is 20.8 Å². The highest BCUT2D eigenvalue weighted by Crippen LogP contribution is 2.26. The summed E-state index contributed by atoms with van der Waals surface area (Å²) in [4.78, 5) is 25.1. The monoisotopic (exact) mass is 408 g/mol. The molecule has 0 unspecified atom stereocenters. The van der Waals surface area contributed by atoms with Crippen molar-refractivity contribution < 1.29 is 27.4 Å². The van der Waals surface area contributed by atoms with Gasteiger partial charge in [0.2, 0.25) is 0 Å². The van der Waals surface area contributed by atoms with Gasteiger partial charge in [-0.25, -0.2) is 14.0 Å². The fourth-order valence-electron chi connectivity index (χ4n) is 3.15. The van der Waals surface area contributed by atoms with Crippen LogP contribution >= 0.6 is 0 Å². The molecule has 0 atom stereocenters. The van der Waals surface area contributed by atoms with Crippen LogP contribution in [0.3, 0.4) is 0 Å². The quantitative estimate of drug-likeness (QED) is 0.571. The zero-order valence-corrected chi connectivity index (χ0v) is 16.0. The highest BCUT2D eigenvalue weighted by molar-refractivity contribution is 5.94. The molecule has 0 amide bonds. The number of hydrogen-bond acceptors (Lipinski definition) is 4. The van der Waals surface area contributed by atoms with E-state index in [1.807, 2.05) is 0 Å². The highest BCUT2D eigenvalue weighted by Gasteiger charge is 2.22. The molecule has 0 radical (unpaired) electrons. The molecule has 0 bridgehead atoms. The van der Waals surface area contributed by atoms with Gasteiger partial charge in [0.05, 0.1) is 28.9 Å². The van der Waals surface area contributed by atoms with E-state index in [0.29, 0.717) is 5.52 Å². The normalized spacial score (nSPS) is 11.4. The minimum atomic E-state index is -3.02. The number of esters is 1. The summed E-state index contributed by atoms with van der Waals surface area (Å²) in [5, 5.41) is 0. The van der Waals surface area contributed by atoms with Crippen molar-refractivity contribution in [1.29, 1.82) is 0 Å². The Morgan fingerprint density at radius 1 is 1.14 bits per heavy atom. The number of carbonyl (C=O) groups excluding carboxylic acids is 1. The summed E-state index contributed by atoms with van der Waals surface area (Å²) >= 11 is 0. The Hall–Kier alpha value is -3.23. The van der Waals surface area contributed by atoms with Gasteiger partial charge in [0.25, 0.3) is 0 Å². The van der Waals surface area contributed by atoms with E-state index in [2.05, 4.69) is 4.74 Å². The summed E-state index contributed by atoms with van der Waals surface area (Å²) in [6, 6.07) is 7.55. The van der Waals surface area contributed by atoms with Crippen LogP contribution in [0.2, 0.25) is 0 Å². The molecule has 1 heterocycles. The first kappa shape index (κ1) is 20.5. The van der Waals surface area contributed by atoms with Gasteiger partial charge >= 0.3 is 18.3 Å². The molecule has 0 aliphatic carbocycles. The van der Waals surface area contributed by atoms with Gasteiger partial charge in [-0.3, -0.25) is 9.13 Å². The van der Waals surface area contributed by atoms with E-state index >= 15 is 0 Å². The fourth-order valence-corrected chi connectivity index (χ4v) is 3.15. The van der Waals surface area contributed by atoms with Crippen LogP contribution in [0.4, 0.5) is 13.2 Å². The lowest BCUT2D eigenvalue weighted by atomic mass is 10.1. The Labute approximate surface area is 164 Å². The summed E-state index contributed by atoms with van der Waals surface area (Å²) in [5.74, 6) is -1.83. The Balaban J connectivity index is 2.29. The first-order chi connectivity index (χ1) is 13.7. The van der Waals surface area contributed by atoms with Gasteiger partial charge in [-0.1, -0.05) is 6.07 Å². The van der Waals surface area contributed by atoms with Gasteiger partial charge in [-0.2, -0.15) is 8.78 Å². The molecule has 0 fully saturated rings. The predicted molar refractivity (Wildman–Crippen MR) is 100 cm³/mol. The fraction of sp³-hybridized carbons (Fsp3) is 0.300. The molecule has 0 saturated heterocycles. The SMILES string of the molecule is CCOC(=O)c1cc2c(cc1F)n(-c1cccc(OC(F)F)c1)c(=O)n2C(C)C. The summed E-state index contributed by atoms with van der Waals surface area (Å²) in [7, 11) is 0. The average Bonchev–Trinajstić information content (AvgIpc) is 2.91. The molecule has 0 N–H and O–H groups in total. The van der Waals surface area contributed by atoms with Crippen LogP contribution in [0.15, 0.2) is 41.2 Å². The first-order valence-electron chi connectivity index (χ1n) is 8.93. The van der Waals surface area contributed by atoms with Gasteiger partial charge in [0.15, 0.2) is 0 Å². The molecule has 3 aromatic rings. The number of carbonyl (C=O) groups is 1. The molecule has 3 rings (SSSR count). The Morgan fingerprint density at radius 3 is 2.48 bits per heavy atom. The standard InChI is InChI=1S/C20H19F3N2O4/c1-4-28-18(26)14-9-16-17(10-15(14)21)25(20(27)24(16)11(2)3)12-6-5-7-13(8-12)29-19(22)23/h5-11,19H,4H2,1-3H3. The molecule has 154 valence electrons. The molecule has 29 heavy (non-hydrogen) atoms. The van der Waals surface area contributed by atoms with Gasteiger partial charge in [0.1, 0.15) is 11.6 Å². The molecule has 9 heteroatoms. The van der Waals surface area contributed by atoms with Crippen LogP contribution in [0.1, 0.15) is 37.2 Å². The van der Waals surface area contributed by atoms with Crippen molar-refractivity contribution in [1.82, 2.24) is 9.13 Å². The predicted octanol–water partition coefficient (Wildman–Crippen LogP) is 4.29. The van der Waals surface area contributed by atoms with E-state index < -0.39 is 24.1 Å². The second kappa shape index (κ2) is 8.02. The number of imidazole rings is 1. The third-order valence-electron chi connectivity index (χ3n) is 4.27. The number of benzene rings is 2. The van der Waals surface area contributed by atoms with Crippen LogP contribution in [0.25, 0.3) is 16.7 Å². The van der Waals surface area contributed by atoms with Crippen LogP contribution < -0.4 is 10.4 Å². The smallest absolute Gasteiger partial charge is 0.387 e. The number of hydrogen-bond donors (Lipinski definition) is 0. The zero-order valence-electron chi connectivity index (χ0n) is 16.0. The third kappa shape index (κ3) is 3.85. The number of nitrogens with zero attached hydrogens (tertiary/aromatic N) is 2. The maximum atomic E-state index is 14.6. The van der Waals surface area contributed by atoms with E-state index in [9.17, 15) is 22.8 Å². The van der Waals surface area contributed by atoms with Crippen molar-refractivity contribution in [2.75, 3.05) is 6.61 Å². The van der Waals surface area contributed by atoms with Crippen molar-refractivity contribution in [3.8, 4) is 11.4 Å². The van der Waals surface area contributed by atoms with Crippen molar-refractivity contribution in [3.63, 3.8) is 0 Å². The van der Waals surface area contributed by atoms with Crippen LogP contribution in [0.5, 0.6) is 5.75 Å². The van der Waals surface area contributed by atoms with Crippen molar-refractivity contribution >= 4 is 17.0 Å². The Morgan fingerprint density at radius 2 is 1.86 bits per heavy atom. The minimum absolute atomic E-state index is 0.0746. The molecule has 0 spiro atoms. The topological polar surface area (TPSA) is 62.5 Å². The summed E-state index contributed by atoms with van der Waals surface area (Å²) in [6.45, 7) is 2.17. The third-order valence-corrected chi connectivity index (χ3v) is 4.27. The molecule has 6 nitrogen and oxygen atoms in total. The van der Waals surface area contributed by atoms with Crippen molar-refractivity contribution in [3.05, 3.63) is 58.3 Å². The summed E-state index contributed by atoms with van der Waals surface area (Å²) in [5.41, 5.74) is -0.0794. The second-order valence-corrected chi connectivity index (χ2v) is 6.50. The molecule has 2 aromatic carbocycles. The minimum Gasteiger partial charge on any atom is -0.462 e. The van der Waals surface area contributed by atoms with Crippen LogP contribution in [-0.2, 0) is 4.74 Å². The van der Waals surface area contributed by atoms with Gasteiger partial charge in [0, 0.05) is 18.2 Å². The second-order valence-electron chi connectivity index (χ2n) is 6.50. The lowest BCUT2D eigenvalue weighted by Gasteiger charge is -2.08. The number of ether oxygens (including phenoxy) is 2. The molecule has 1 aromatic heterocycles. The molecule has 0 aliphatic heterocycles. The maximum absolute atomic E-state index is 14.6. The average molecular weight is 408 g/mol. The van der Waals surface area contributed by atoms with Crippen molar-refractivity contribution in [2.24, 2.45) is 0 Å². The van der Waals surface area contributed by atoms with Gasteiger partial charge in [-0.05, 0) is 39.0 Å². The van der Waals surface area contributed by atoms with Crippen molar-refractivity contribution in [2.45, 2.75) is 33.4 Å². The van der Waals surface area contributed by atoms with E-state index in [0.717, 1.165) is 6.07 Å². The molecule has 0 aliphatic rings. The largest absolute Gasteiger partial charge is 0.462 e. The zero-order chi connectivity index (χ0) is 21.3.